The molecule has 0 aliphatic carbocycles. The van der Waals surface area contributed by atoms with Gasteiger partial charge in [0, 0.05) is 38.8 Å². The third kappa shape index (κ3) is 11.3. The number of ether oxygens (including phenoxy) is 2. The van der Waals surface area contributed by atoms with Gasteiger partial charge in [0.2, 0.25) is 0 Å². The lowest BCUT2D eigenvalue weighted by molar-refractivity contribution is 0.0962. The number of halogens is 1. The van der Waals surface area contributed by atoms with Gasteiger partial charge in [0.15, 0.2) is 5.96 Å². The smallest absolute Gasteiger partial charge is 0.409 e. The van der Waals surface area contributed by atoms with E-state index in [9.17, 15) is 9.59 Å². The Morgan fingerprint density at radius 3 is 2.28 bits per heavy atom. The van der Waals surface area contributed by atoms with E-state index >= 15 is 0 Å². The number of rotatable bonds is 8. The number of likely N-dealkylation sites (tertiary alicyclic amines) is 1. The summed E-state index contributed by atoms with van der Waals surface area (Å²) >= 11 is 0. The number of amides is 2. The number of alkyl carbamates (subject to hydrolysis) is 1. The molecular weight excluding hydrogens is 489 g/mol. The predicted octanol–water partition coefficient (Wildman–Crippen LogP) is 2.55. The van der Waals surface area contributed by atoms with Crippen molar-refractivity contribution in [3.63, 3.8) is 0 Å². The van der Waals surface area contributed by atoms with E-state index in [0.29, 0.717) is 44.7 Å². The average Bonchev–Trinajstić information content (AvgIpc) is 2.65. The molecule has 170 valence electrons. The number of guanidine groups is 1. The van der Waals surface area contributed by atoms with Gasteiger partial charge >= 0.3 is 12.2 Å². The fourth-order valence-electron chi connectivity index (χ4n) is 3.13. The van der Waals surface area contributed by atoms with Crippen LogP contribution in [-0.2, 0) is 9.47 Å². The Morgan fingerprint density at radius 2 is 1.76 bits per heavy atom. The molecule has 9 nitrogen and oxygen atoms in total. The van der Waals surface area contributed by atoms with E-state index in [1.807, 2.05) is 6.92 Å². The number of piperidine rings is 1. The molecule has 1 aliphatic heterocycles. The van der Waals surface area contributed by atoms with E-state index in [1.54, 1.807) is 18.9 Å². The third-order valence-corrected chi connectivity index (χ3v) is 4.45. The van der Waals surface area contributed by atoms with Crippen molar-refractivity contribution >= 4 is 42.1 Å². The second-order valence-electron chi connectivity index (χ2n) is 7.25. The van der Waals surface area contributed by atoms with Crippen molar-refractivity contribution in [1.82, 2.24) is 20.9 Å². The zero-order chi connectivity index (χ0) is 20.9. The summed E-state index contributed by atoms with van der Waals surface area (Å²) in [6.07, 6.45) is 1.85. The van der Waals surface area contributed by atoms with Crippen LogP contribution in [0.15, 0.2) is 4.99 Å². The first kappa shape index (κ1) is 27.5. The number of aliphatic imine (C=N–C) groups is 1. The van der Waals surface area contributed by atoms with E-state index in [2.05, 4.69) is 34.8 Å². The summed E-state index contributed by atoms with van der Waals surface area (Å²) in [7, 11) is 1.72. The average molecular weight is 527 g/mol. The molecule has 1 rings (SSSR count). The fourth-order valence-corrected chi connectivity index (χ4v) is 3.13. The minimum absolute atomic E-state index is 0. The number of carbonyl (C=O) groups is 2. The Kier molecular flexibility index (Phi) is 14.6. The molecule has 29 heavy (non-hydrogen) atoms. The summed E-state index contributed by atoms with van der Waals surface area (Å²) in [4.78, 5) is 29.5. The molecule has 0 radical (unpaired) electrons. The second kappa shape index (κ2) is 15.4. The molecule has 1 unspecified atom stereocenters. The van der Waals surface area contributed by atoms with Crippen molar-refractivity contribution in [1.29, 1.82) is 0 Å². The summed E-state index contributed by atoms with van der Waals surface area (Å²) in [6, 6.07) is 0.182. The van der Waals surface area contributed by atoms with Gasteiger partial charge in [-0.15, -0.1) is 24.0 Å². The molecule has 0 spiro atoms. The first-order valence-electron chi connectivity index (χ1n) is 10.2. The van der Waals surface area contributed by atoms with Gasteiger partial charge < -0.3 is 30.3 Å². The molecule has 1 aliphatic rings. The van der Waals surface area contributed by atoms with Crippen LogP contribution in [0.5, 0.6) is 0 Å². The zero-order valence-electron chi connectivity index (χ0n) is 18.3. The van der Waals surface area contributed by atoms with Crippen LogP contribution >= 0.6 is 24.0 Å². The largest absolute Gasteiger partial charge is 0.450 e. The van der Waals surface area contributed by atoms with Crippen molar-refractivity contribution in [2.75, 3.05) is 39.9 Å². The minimum Gasteiger partial charge on any atom is -0.450 e. The second-order valence-corrected chi connectivity index (χ2v) is 7.25. The van der Waals surface area contributed by atoms with Gasteiger partial charge in [-0.25, -0.2) is 9.59 Å². The maximum atomic E-state index is 11.8. The van der Waals surface area contributed by atoms with Gasteiger partial charge in [0.25, 0.3) is 0 Å². The van der Waals surface area contributed by atoms with Crippen LogP contribution in [0.1, 0.15) is 47.0 Å². The standard InChI is InChI=1S/C19H37N5O4.HI/c1-6-27-18(25)23-16(12-14(3)4)13-21-17(20-5)22-15-8-10-24(11-9-15)19(26)28-7-2;/h14-16H,6-13H2,1-5H3,(H,23,25)(H2,20,21,22);1H. The van der Waals surface area contributed by atoms with E-state index in [-0.39, 0.29) is 42.2 Å². The molecule has 0 saturated carbocycles. The van der Waals surface area contributed by atoms with Crippen LogP contribution in [0.3, 0.4) is 0 Å². The SMILES string of the molecule is CCOC(=O)NC(CNC(=NC)NC1CCN(C(=O)OCC)CC1)CC(C)C.I. The van der Waals surface area contributed by atoms with Crippen LogP contribution in [-0.4, -0.2) is 75.0 Å². The molecule has 0 aromatic carbocycles. The van der Waals surface area contributed by atoms with E-state index < -0.39 is 6.09 Å². The normalized spacial score (nSPS) is 15.9. The summed E-state index contributed by atoms with van der Waals surface area (Å²) in [5.41, 5.74) is 0. The van der Waals surface area contributed by atoms with Crippen molar-refractivity contribution in [3.8, 4) is 0 Å². The molecule has 3 N–H and O–H groups in total. The summed E-state index contributed by atoms with van der Waals surface area (Å²) < 4.78 is 10.0. The highest BCUT2D eigenvalue weighted by molar-refractivity contribution is 14.0. The predicted molar refractivity (Wildman–Crippen MR) is 125 cm³/mol. The lowest BCUT2D eigenvalue weighted by atomic mass is 10.0. The lowest BCUT2D eigenvalue weighted by Crippen LogP contribution is -2.52. The van der Waals surface area contributed by atoms with Gasteiger partial charge in [-0.2, -0.15) is 0 Å². The number of nitrogens with zero attached hydrogens (tertiary/aromatic N) is 2. The molecule has 1 heterocycles. The van der Waals surface area contributed by atoms with Gasteiger partial charge in [-0.1, -0.05) is 13.8 Å². The topological polar surface area (TPSA) is 104 Å². The van der Waals surface area contributed by atoms with Crippen LogP contribution in [0.4, 0.5) is 9.59 Å². The fraction of sp³-hybridized carbons (Fsp3) is 0.842. The maximum Gasteiger partial charge on any atom is 0.409 e. The number of hydrogen-bond donors (Lipinski definition) is 3. The van der Waals surface area contributed by atoms with Gasteiger partial charge in [-0.05, 0) is 39.0 Å². The van der Waals surface area contributed by atoms with E-state index in [1.165, 1.54) is 0 Å². The van der Waals surface area contributed by atoms with E-state index in [0.717, 1.165) is 19.3 Å². The number of hydrogen-bond acceptors (Lipinski definition) is 5. The first-order valence-corrected chi connectivity index (χ1v) is 10.2. The van der Waals surface area contributed by atoms with Crippen molar-refractivity contribution in [3.05, 3.63) is 0 Å². The minimum atomic E-state index is -0.399. The molecule has 0 aromatic rings. The summed E-state index contributed by atoms with van der Waals surface area (Å²) in [6.45, 7) is 10.4. The molecule has 0 bridgehead atoms. The van der Waals surface area contributed by atoms with Crippen molar-refractivity contribution in [2.24, 2.45) is 10.9 Å². The molecule has 10 heteroatoms. The monoisotopic (exact) mass is 527 g/mol. The molecule has 1 fully saturated rings. The van der Waals surface area contributed by atoms with Gasteiger partial charge in [0.1, 0.15) is 0 Å². The third-order valence-electron chi connectivity index (χ3n) is 4.45. The first-order chi connectivity index (χ1) is 13.4. The Morgan fingerprint density at radius 1 is 1.14 bits per heavy atom. The quantitative estimate of drug-likeness (QED) is 0.255. The highest BCUT2D eigenvalue weighted by Crippen LogP contribution is 2.11. The molecular formula is C19H38IN5O4. The Hall–Kier alpha value is -1.46. The molecule has 0 aromatic heterocycles. The summed E-state index contributed by atoms with van der Waals surface area (Å²) in [5, 5.41) is 9.59. The highest BCUT2D eigenvalue weighted by atomic mass is 127. The van der Waals surface area contributed by atoms with Gasteiger partial charge in [0.05, 0.1) is 13.2 Å². The van der Waals surface area contributed by atoms with E-state index in [4.69, 9.17) is 9.47 Å². The molecule has 1 saturated heterocycles. The maximum absolute atomic E-state index is 11.8. The van der Waals surface area contributed by atoms with Crippen LogP contribution in [0.25, 0.3) is 0 Å². The highest BCUT2D eigenvalue weighted by Gasteiger charge is 2.24. The zero-order valence-corrected chi connectivity index (χ0v) is 20.7. The lowest BCUT2D eigenvalue weighted by Gasteiger charge is -2.32. The molecule has 1 atom stereocenters. The Labute approximate surface area is 191 Å². The van der Waals surface area contributed by atoms with Crippen LogP contribution in [0.2, 0.25) is 0 Å². The van der Waals surface area contributed by atoms with Crippen molar-refractivity contribution in [2.45, 2.75) is 59.0 Å². The number of nitrogens with one attached hydrogen (secondary N) is 3. The summed E-state index contributed by atoms with van der Waals surface area (Å²) in [5.74, 6) is 1.13. The number of carbonyl (C=O) groups excluding carboxylic acids is 2. The van der Waals surface area contributed by atoms with Gasteiger partial charge in [-0.3, -0.25) is 4.99 Å². The molecule has 2 amide bonds. The Bertz CT molecular complexity index is 511. The van der Waals surface area contributed by atoms with Crippen LogP contribution in [0, 0.1) is 5.92 Å². The Balaban J connectivity index is 0.00000784. The van der Waals surface area contributed by atoms with Crippen molar-refractivity contribution < 1.29 is 19.1 Å². The van der Waals surface area contributed by atoms with Crippen LogP contribution < -0.4 is 16.0 Å².